The fraction of sp³-hybridized carbons (Fsp3) is 0.750. The van der Waals surface area contributed by atoms with Gasteiger partial charge in [-0.3, -0.25) is 0 Å². The third-order valence-corrected chi connectivity index (χ3v) is 3.43. The molecule has 0 aliphatic heterocycles. The van der Waals surface area contributed by atoms with E-state index in [1.165, 1.54) is 25.1 Å². The fourth-order valence-corrected chi connectivity index (χ4v) is 2.49. The molecule has 0 saturated heterocycles. The van der Waals surface area contributed by atoms with Crippen molar-refractivity contribution < 1.29 is 0 Å². The quantitative estimate of drug-likeness (QED) is 0.800. The summed E-state index contributed by atoms with van der Waals surface area (Å²) in [7, 11) is 2.04. The Labute approximate surface area is 91.9 Å². The van der Waals surface area contributed by atoms with Gasteiger partial charge in [0.05, 0.1) is 0 Å². The molecule has 0 aromatic carbocycles. The number of nitrogens with one attached hydrogen (secondary N) is 1. The van der Waals surface area contributed by atoms with E-state index in [4.69, 9.17) is 0 Å². The summed E-state index contributed by atoms with van der Waals surface area (Å²) in [5.74, 6) is 2.80. The van der Waals surface area contributed by atoms with E-state index < -0.39 is 0 Å². The summed E-state index contributed by atoms with van der Waals surface area (Å²) in [5, 5.41) is 3.28. The first-order valence-electron chi connectivity index (χ1n) is 6.02. The lowest BCUT2D eigenvalue weighted by Crippen LogP contribution is -2.33. The van der Waals surface area contributed by atoms with Crippen molar-refractivity contribution in [1.29, 1.82) is 0 Å². The smallest absolute Gasteiger partial charge is 0.112 e. The van der Waals surface area contributed by atoms with E-state index in [-0.39, 0.29) is 0 Å². The predicted octanol–water partition coefficient (Wildman–Crippen LogP) is 2.01. The Kier molecular flexibility index (Phi) is 3.41. The summed E-state index contributed by atoms with van der Waals surface area (Å²) in [6.45, 7) is 4.46. The summed E-state index contributed by atoms with van der Waals surface area (Å²) in [4.78, 5) is 4.52. The fourth-order valence-electron chi connectivity index (χ4n) is 2.49. The zero-order valence-corrected chi connectivity index (χ0v) is 9.74. The number of imidazole rings is 1. The third-order valence-electron chi connectivity index (χ3n) is 3.43. The summed E-state index contributed by atoms with van der Waals surface area (Å²) >= 11 is 0. The molecule has 15 heavy (non-hydrogen) atoms. The molecule has 1 aliphatic carbocycles. The second kappa shape index (κ2) is 4.79. The van der Waals surface area contributed by atoms with Crippen molar-refractivity contribution in [3.8, 4) is 0 Å². The van der Waals surface area contributed by atoms with E-state index in [9.17, 15) is 0 Å². The van der Waals surface area contributed by atoms with Crippen LogP contribution in [0.5, 0.6) is 0 Å². The maximum absolute atomic E-state index is 4.52. The first-order valence-corrected chi connectivity index (χ1v) is 6.02. The number of rotatable bonds is 5. The molecule has 1 saturated carbocycles. The summed E-state index contributed by atoms with van der Waals surface area (Å²) in [5.41, 5.74) is 0. The summed E-state index contributed by atoms with van der Waals surface area (Å²) < 4.78 is 2.33. The van der Waals surface area contributed by atoms with Crippen LogP contribution in [-0.4, -0.2) is 23.1 Å². The summed E-state index contributed by atoms with van der Waals surface area (Å²) in [6.07, 6.45) is 7.91. The van der Waals surface area contributed by atoms with Crippen LogP contribution in [0.25, 0.3) is 0 Å². The highest BCUT2D eigenvalue weighted by Crippen LogP contribution is 2.41. The number of aryl methyl sites for hydroxylation is 1. The van der Waals surface area contributed by atoms with Crippen molar-refractivity contribution in [2.45, 2.75) is 38.6 Å². The molecule has 1 heterocycles. The highest BCUT2D eigenvalue weighted by atomic mass is 15.1. The van der Waals surface area contributed by atoms with Crippen LogP contribution in [0.3, 0.4) is 0 Å². The number of aromatic nitrogens is 2. The molecule has 0 amide bonds. The van der Waals surface area contributed by atoms with Crippen LogP contribution >= 0.6 is 0 Å². The van der Waals surface area contributed by atoms with Crippen LogP contribution in [0.4, 0.5) is 0 Å². The van der Waals surface area contributed by atoms with Gasteiger partial charge in [-0.2, -0.15) is 0 Å². The molecular formula is C12H21N3. The molecule has 0 radical (unpaired) electrons. The zero-order chi connectivity index (χ0) is 10.7. The topological polar surface area (TPSA) is 29.9 Å². The van der Waals surface area contributed by atoms with Crippen LogP contribution in [0.1, 0.15) is 37.9 Å². The van der Waals surface area contributed by atoms with E-state index in [2.05, 4.69) is 28.0 Å². The minimum absolute atomic E-state index is 0.694. The molecular weight excluding hydrogens is 186 g/mol. The van der Waals surface area contributed by atoms with Crippen LogP contribution < -0.4 is 5.32 Å². The maximum atomic E-state index is 4.52. The van der Waals surface area contributed by atoms with Gasteiger partial charge in [0.25, 0.3) is 0 Å². The van der Waals surface area contributed by atoms with Crippen LogP contribution in [0, 0.1) is 5.92 Å². The molecule has 84 valence electrons. The van der Waals surface area contributed by atoms with Gasteiger partial charge in [0.1, 0.15) is 5.82 Å². The lowest BCUT2D eigenvalue weighted by atomic mass is 9.73. The Morgan fingerprint density at radius 1 is 1.53 bits per heavy atom. The minimum atomic E-state index is 0.694. The average Bonchev–Trinajstić information content (AvgIpc) is 2.62. The van der Waals surface area contributed by atoms with Gasteiger partial charge in [0.15, 0.2) is 0 Å². The van der Waals surface area contributed by atoms with Gasteiger partial charge in [-0.1, -0.05) is 6.92 Å². The average molecular weight is 207 g/mol. The van der Waals surface area contributed by atoms with E-state index in [0.717, 1.165) is 19.0 Å². The van der Waals surface area contributed by atoms with Crippen molar-refractivity contribution in [3.05, 3.63) is 18.2 Å². The molecule has 3 heteroatoms. The molecule has 2 unspecified atom stereocenters. The van der Waals surface area contributed by atoms with Crippen LogP contribution in [0.15, 0.2) is 12.4 Å². The normalized spacial score (nSPS) is 25.2. The van der Waals surface area contributed by atoms with Crippen molar-refractivity contribution in [3.63, 3.8) is 0 Å². The highest BCUT2D eigenvalue weighted by Gasteiger charge is 2.34. The molecule has 0 bridgehead atoms. The van der Waals surface area contributed by atoms with Gasteiger partial charge in [-0.05, 0) is 38.8 Å². The van der Waals surface area contributed by atoms with Crippen molar-refractivity contribution in [2.75, 3.05) is 13.6 Å². The predicted molar refractivity (Wildman–Crippen MR) is 61.9 cm³/mol. The van der Waals surface area contributed by atoms with E-state index >= 15 is 0 Å². The molecule has 1 fully saturated rings. The second-order valence-electron chi connectivity index (χ2n) is 4.48. The van der Waals surface area contributed by atoms with E-state index in [1.807, 2.05) is 13.2 Å². The molecule has 1 aromatic rings. The molecule has 2 atom stereocenters. The van der Waals surface area contributed by atoms with Crippen molar-refractivity contribution >= 4 is 0 Å². The molecule has 1 aliphatic rings. The highest BCUT2D eigenvalue weighted by molar-refractivity contribution is 5.07. The lowest BCUT2D eigenvalue weighted by Gasteiger charge is -2.36. The van der Waals surface area contributed by atoms with Crippen molar-refractivity contribution in [2.24, 2.45) is 5.92 Å². The number of nitrogens with zero attached hydrogens (tertiary/aromatic N) is 2. The van der Waals surface area contributed by atoms with Crippen LogP contribution in [-0.2, 0) is 6.54 Å². The van der Waals surface area contributed by atoms with Crippen LogP contribution in [0.2, 0.25) is 0 Å². The van der Waals surface area contributed by atoms with Gasteiger partial charge in [-0.25, -0.2) is 4.98 Å². The molecule has 1 N–H and O–H groups in total. The zero-order valence-electron chi connectivity index (χ0n) is 9.74. The van der Waals surface area contributed by atoms with Crippen molar-refractivity contribution in [1.82, 2.24) is 14.9 Å². The summed E-state index contributed by atoms with van der Waals surface area (Å²) in [6, 6.07) is 0. The molecule has 2 rings (SSSR count). The Hall–Kier alpha value is -0.830. The van der Waals surface area contributed by atoms with Gasteiger partial charge >= 0.3 is 0 Å². The second-order valence-corrected chi connectivity index (χ2v) is 4.48. The van der Waals surface area contributed by atoms with Gasteiger partial charge in [0.2, 0.25) is 0 Å². The SMILES string of the molecule is CCCn1ccnc1C1CCC1CNC. The Morgan fingerprint density at radius 2 is 2.40 bits per heavy atom. The Morgan fingerprint density at radius 3 is 3.00 bits per heavy atom. The third kappa shape index (κ3) is 2.07. The Bertz CT molecular complexity index is 306. The standard InChI is InChI=1S/C12H21N3/c1-3-7-15-8-6-14-12(15)11-5-4-10(11)9-13-2/h6,8,10-11,13H,3-5,7,9H2,1-2H3. The maximum Gasteiger partial charge on any atom is 0.112 e. The Balaban J connectivity index is 2.05. The molecule has 0 spiro atoms. The first-order chi connectivity index (χ1) is 7.36. The van der Waals surface area contributed by atoms with Gasteiger partial charge < -0.3 is 9.88 Å². The molecule has 3 nitrogen and oxygen atoms in total. The van der Waals surface area contributed by atoms with Gasteiger partial charge in [-0.15, -0.1) is 0 Å². The lowest BCUT2D eigenvalue weighted by molar-refractivity contribution is 0.235. The molecule has 1 aromatic heterocycles. The minimum Gasteiger partial charge on any atom is -0.335 e. The van der Waals surface area contributed by atoms with E-state index in [0.29, 0.717) is 5.92 Å². The monoisotopic (exact) mass is 207 g/mol. The largest absolute Gasteiger partial charge is 0.335 e. The first kappa shape index (κ1) is 10.7. The van der Waals surface area contributed by atoms with Gasteiger partial charge in [0, 0.05) is 24.9 Å². The number of hydrogen-bond acceptors (Lipinski definition) is 2. The van der Waals surface area contributed by atoms with E-state index in [1.54, 1.807) is 0 Å². The number of hydrogen-bond donors (Lipinski definition) is 1.